The number of amides is 1. The standard InChI is InChI=1S/C23H26N2O/c1-2-25(19-12-6-7-13-19)23(26)21-17-24(16-18-10-4-3-5-11-18)22-15-9-8-14-20(21)22/h3-5,8-11,14-15,17,19H,2,6-7,12-13,16H2,1H3. The number of carbonyl (C=O) groups excluding carboxylic acids is 1. The maximum Gasteiger partial charge on any atom is 0.256 e. The van der Waals surface area contributed by atoms with E-state index in [0.717, 1.165) is 42.4 Å². The van der Waals surface area contributed by atoms with Crippen molar-refractivity contribution >= 4 is 16.8 Å². The van der Waals surface area contributed by atoms with Crippen molar-refractivity contribution < 1.29 is 4.79 Å². The quantitative estimate of drug-likeness (QED) is 0.631. The van der Waals surface area contributed by atoms with Crippen LogP contribution in [0.3, 0.4) is 0 Å². The number of benzene rings is 2. The molecule has 0 atom stereocenters. The number of hydrogen-bond donors (Lipinski definition) is 0. The molecular formula is C23H26N2O. The average molecular weight is 346 g/mol. The normalized spacial score (nSPS) is 14.8. The molecule has 0 bridgehead atoms. The second kappa shape index (κ2) is 7.36. The van der Waals surface area contributed by atoms with E-state index in [9.17, 15) is 4.79 Å². The summed E-state index contributed by atoms with van der Waals surface area (Å²) in [6.45, 7) is 3.66. The first-order valence-corrected chi connectivity index (χ1v) is 9.70. The highest BCUT2D eigenvalue weighted by atomic mass is 16.2. The van der Waals surface area contributed by atoms with E-state index in [4.69, 9.17) is 0 Å². The van der Waals surface area contributed by atoms with Crippen LogP contribution >= 0.6 is 0 Å². The predicted molar refractivity (Wildman–Crippen MR) is 106 cm³/mol. The highest BCUT2D eigenvalue weighted by molar-refractivity contribution is 6.07. The Bertz CT molecular complexity index is 891. The number of carbonyl (C=O) groups is 1. The van der Waals surface area contributed by atoms with Crippen LogP contribution in [-0.4, -0.2) is 28.0 Å². The molecule has 3 aromatic rings. The highest BCUT2D eigenvalue weighted by Crippen LogP contribution is 2.28. The third kappa shape index (κ3) is 3.14. The molecule has 4 rings (SSSR count). The molecule has 2 aromatic carbocycles. The van der Waals surface area contributed by atoms with Crippen molar-refractivity contribution in [3.8, 4) is 0 Å². The zero-order valence-electron chi connectivity index (χ0n) is 15.4. The van der Waals surface area contributed by atoms with Crippen LogP contribution < -0.4 is 0 Å². The van der Waals surface area contributed by atoms with Gasteiger partial charge in [0.05, 0.1) is 5.56 Å². The zero-order chi connectivity index (χ0) is 17.9. The van der Waals surface area contributed by atoms with Crippen molar-refractivity contribution in [3.63, 3.8) is 0 Å². The summed E-state index contributed by atoms with van der Waals surface area (Å²) in [5.74, 6) is 0.183. The molecule has 1 saturated carbocycles. The Hall–Kier alpha value is -2.55. The number of nitrogens with zero attached hydrogens (tertiary/aromatic N) is 2. The second-order valence-corrected chi connectivity index (χ2v) is 7.20. The Morgan fingerprint density at radius 3 is 2.46 bits per heavy atom. The molecule has 3 nitrogen and oxygen atoms in total. The molecule has 0 saturated heterocycles. The Balaban J connectivity index is 1.72. The molecule has 0 N–H and O–H groups in total. The lowest BCUT2D eigenvalue weighted by atomic mass is 10.1. The van der Waals surface area contributed by atoms with Crippen molar-refractivity contribution in [3.05, 3.63) is 71.9 Å². The number of para-hydroxylation sites is 1. The van der Waals surface area contributed by atoms with Gasteiger partial charge in [-0.1, -0.05) is 61.4 Å². The van der Waals surface area contributed by atoms with Gasteiger partial charge in [0.25, 0.3) is 5.91 Å². The van der Waals surface area contributed by atoms with Crippen LogP contribution in [-0.2, 0) is 6.54 Å². The van der Waals surface area contributed by atoms with Gasteiger partial charge >= 0.3 is 0 Å². The summed E-state index contributed by atoms with van der Waals surface area (Å²) in [5.41, 5.74) is 3.21. The van der Waals surface area contributed by atoms with E-state index >= 15 is 0 Å². The lowest BCUT2D eigenvalue weighted by Crippen LogP contribution is -2.38. The second-order valence-electron chi connectivity index (χ2n) is 7.20. The molecule has 1 aromatic heterocycles. The van der Waals surface area contributed by atoms with Crippen molar-refractivity contribution in [1.29, 1.82) is 0 Å². The van der Waals surface area contributed by atoms with E-state index < -0.39 is 0 Å². The van der Waals surface area contributed by atoms with E-state index in [2.05, 4.69) is 59.0 Å². The third-order valence-corrected chi connectivity index (χ3v) is 5.58. The number of fused-ring (bicyclic) bond motifs is 1. The zero-order valence-corrected chi connectivity index (χ0v) is 15.4. The van der Waals surface area contributed by atoms with Crippen LogP contribution in [0.1, 0.15) is 48.5 Å². The SMILES string of the molecule is CCN(C(=O)c1cn(Cc2ccccc2)c2ccccc12)C1CCCC1. The molecule has 134 valence electrons. The summed E-state index contributed by atoms with van der Waals surface area (Å²) < 4.78 is 2.21. The van der Waals surface area contributed by atoms with Gasteiger partial charge in [-0.2, -0.15) is 0 Å². The molecule has 3 heteroatoms. The van der Waals surface area contributed by atoms with Gasteiger partial charge in [0.2, 0.25) is 0 Å². The van der Waals surface area contributed by atoms with Crippen molar-refractivity contribution in [2.75, 3.05) is 6.54 Å². The van der Waals surface area contributed by atoms with Gasteiger partial charge in [-0.3, -0.25) is 4.79 Å². The molecule has 1 amide bonds. The van der Waals surface area contributed by atoms with Crippen LogP contribution in [0.25, 0.3) is 10.9 Å². The third-order valence-electron chi connectivity index (χ3n) is 5.58. The summed E-state index contributed by atoms with van der Waals surface area (Å²) in [6.07, 6.45) is 6.82. The molecule has 0 unspecified atom stereocenters. The molecule has 0 spiro atoms. The molecule has 1 aliphatic carbocycles. The van der Waals surface area contributed by atoms with Crippen LogP contribution in [0.4, 0.5) is 0 Å². The Kier molecular flexibility index (Phi) is 4.79. The summed E-state index contributed by atoms with van der Waals surface area (Å²) in [6, 6.07) is 19.1. The van der Waals surface area contributed by atoms with Crippen LogP contribution in [0.5, 0.6) is 0 Å². The van der Waals surface area contributed by atoms with Crippen LogP contribution in [0, 0.1) is 0 Å². The molecule has 1 aliphatic rings. The average Bonchev–Trinajstić information content (AvgIpc) is 3.32. The van der Waals surface area contributed by atoms with Gasteiger partial charge in [-0.25, -0.2) is 0 Å². The summed E-state index contributed by atoms with van der Waals surface area (Å²) >= 11 is 0. The van der Waals surface area contributed by atoms with Gasteiger partial charge in [-0.15, -0.1) is 0 Å². The summed E-state index contributed by atoms with van der Waals surface area (Å²) in [4.78, 5) is 15.4. The Morgan fingerprint density at radius 1 is 1.04 bits per heavy atom. The van der Waals surface area contributed by atoms with Gasteiger partial charge in [0, 0.05) is 36.2 Å². The molecule has 0 aliphatic heterocycles. The fraction of sp³-hybridized carbons (Fsp3) is 0.348. The monoisotopic (exact) mass is 346 g/mol. The lowest BCUT2D eigenvalue weighted by molar-refractivity contribution is 0.0695. The van der Waals surface area contributed by atoms with Crippen molar-refractivity contribution in [1.82, 2.24) is 9.47 Å². The largest absolute Gasteiger partial charge is 0.342 e. The van der Waals surface area contributed by atoms with E-state index in [1.165, 1.54) is 18.4 Å². The minimum atomic E-state index is 0.183. The van der Waals surface area contributed by atoms with Gasteiger partial charge in [-0.05, 0) is 31.4 Å². The number of aromatic nitrogens is 1. The Labute approximate surface area is 155 Å². The first-order chi connectivity index (χ1) is 12.8. The van der Waals surface area contributed by atoms with E-state index in [1.807, 2.05) is 18.2 Å². The van der Waals surface area contributed by atoms with Crippen LogP contribution in [0.2, 0.25) is 0 Å². The van der Waals surface area contributed by atoms with Gasteiger partial charge < -0.3 is 9.47 Å². The van der Waals surface area contributed by atoms with E-state index in [-0.39, 0.29) is 5.91 Å². The van der Waals surface area contributed by atoms with E-state index in [0.29, 0.717) is 6.04 Å². The van der Waals surface area contributed by atoms with Crippen molar-refractivity contribution in [2.45, 2.75) is 45.2 Å². The van der Waals surface area contributed by atoms with Crippen LogP contribution in [0.15, 0.2) is 60.8 Å². The number of rotatable bonds is 5. The Morgan fingerprint density at radius 2 is 1.73 bits per heavy atom. The van der Waals surface area contributed by atoms with Gasteiger partial charge in [0.1, 0.15) is 0 Å². The maximum absolute atomic E-state index is 13.4. The molecular weight excluding hydrogens is 320 g/mol. The first-order valence-electron chi connectivity index (χ1n) is 9.70. The molecule has 1 fully saturated rings. The van der Waals surface area contributed by atoms with Crippen molar-refractivity contribution in [2.24, 2.45) is 0 Å². The molecule has 0 radical (unpaired) electrons. The lowest BCUT2D eigenvalue weighted by Gasteiger charge is -2.27. The summed E-state index contributed by atoms with van der Waals surface area (Å²) in [7, 11) is 0. The van der Waals surface area contributed by atoms with E-state index in [1.54, 1.807) is 0 Å². The highest BCUT2D eigenvalue weighted by Gasteiger charge is 2.28. The first kappa shape index (κ1) is 16.9. The number of hydrogen-bond acceptors (Lipinski definition) is 1. The molecule has 26 heavy (non-hydrogen) atoms. The minimum absolute atomic E-state index is 0.183. The topological polar surface area (TPSA) is 25.2 Å². The predicted octanol–water partition coefficient (Wildman–Crippen LogP) is 5.09. The fourth-order valence-corrected chi connectivity index (χ4v) is 4.27. The summed E-state index contributed by atoms with van der Waals surface area (Å²) in [5, 5.41) is 1.06. The smallest absolute Gasteiger partial charge is 0.256 e. The van der Waals surface area contributed by atoms with Gasteiger partial charge in [0.15, 0.2) is 0 Å². The minimum Gasteiger partial charge on any atom is -0.342 e. The molecule has 1 heterocycles. The maximum atomic E-state index is 13.4. The fourth-order valence-electron chi connectivity index (χ4n) is 4.27.